The summed E-state index contributed by atoms with van der Waals surface area (Å²) in [6, 6.07) is 7.52. The highest BCUT2D eigenvalue weighted by atomic mass is 16.5. The van der Waals surface area contributed by atoms with Crippen LogP contribution in [0.3, 0.4) is 0 Å². The summed E-state index contributed by atoms with van der Waals surface area (Å²) in [5, 5.41) is 4.07. The zero-order valence-corrected chi connectivity index (χ0v) is 14.8. The van der Waals surface area contributed by atoms with E-state index in [-0.39, 0.29) is 5.91 Å². The standard InChI is InChI=1S/C19H24N4O2/c1-22-9-8-13(11-22)12-23(2)19(24)16-5-3-4-15(10-16)17-20-18(25-21-17)14-6-7-14/h3-5,10,13-14H,6-9,11-12H2,1-2H3/t13-/m0/s1. The Morgan fingerprint density at radius 3 is 2.92 bits per heavy atom. The van der Waals surface area contributed by atoms with Crippen molar-refractivity contribution in [3.8, 4) is 11.4 Å². The molecule has 0 spiro atoms. The van der Waals surface area contributed by atoms with Gasteiger partial charge >= 0.3 is 0 Å². The highest BCUT2D eigenvalue weighted by molar-refractivity contribution is 5.95. The first-order chi connectivity index (χ1) is 12.1. The Kier molecular flexibility index (Phi) is 4.29. The molecule has 6 heteroatoms. The summed E-state index contributed by atoms with van der Waals surface area (Å²) in [6.45, 7) is 2.97. The molecule has 4 rings (SSSR count). The van der Waals surface area contributed by atoms with Gasteiger partial charge in [0.05, 0.1) is 0 Å². The summed E-state index contributed by atoms with van der Waals surface area (Å²) in [7, 11) is 4.01. The number of benzene rings is 1. The lowest BCUT2D eigenvalue weighted by molar-refractivity contribution is 0.0774. The summed E-state index contributed by atoms with van der Waals surface area (Å²) in [4.78, 5) is 21.4. The molecule has 25 heavy (non-hydrogen) atoms. The maximum absolute atomic E-state index is 12.8. The predicted molar refractivity (Wildman–Crippen MR) is 94.3 cm³/mol. The highest BCUT2D eigenvalue weighted by Gasteiger charge is 2.30. The van der Waals surface area contributed by atoms with Crippen molar-refractivity contribution in [2.24, 2.45) is 5.92 Å². The van der Waals surface area contributed by atoms with Crippen LogP contribution in [-0.4, -0.2) is 59.6 Å². The zero-order valence-electron chi connectivity index (χ0n) is 14.8. The summed E-state index contributed by atoms with van der Waals surface area (Å²) in [5.74, 6) is 2.32. The number of amides is 1. The third-order valence-electron chi connectivity index (χ3n) is 5.10. The van der Waals surface area contributed by atoms with Crippen molar-refractivity contribution in [1.82, 2.24) is 19.9 Å². The molecule has 1 aliphatic heterocycles. The Labute approximate surface area is 147 Å². The lowest BCUT2D eigenvalue weighted by Crippen LogP contribution is -2.32. The number of hydrogen-bond acceptors (Lipinski definition) is 5. The Morgan fingerprint density at radius 1 is 1.36 bits per heavy atom. The number of aromatic nitrogens is 2. The number of hydrogen-bond donors (Lipinski definition) is 0. The van der Waals surface area contributed by atoms with E-state index < -0.39 is 0 Å². The fraction of sp³-hybridized carbons (Fsp3) is 0.526. The van der Waals surface area contributed by atoms with Gasteiger partial charge in [-0.15, -0.1) is 0 Å². The van der Waals surface area contributed by atoms with E-state index in [9.17, 15) is 4.79 Å². The largest absolute Gasteiger partial charge is 0.341 e. The van der Waals surface area contributed by atoms with Crippen molar-refractivity contribution in [3.63, 3.8) is 0 Å². The molecule has 0 radical (unpaired) electrons. The van der Waals surface area contributed by atoms with Gasteiger partial charge in [0.15, 0.2) is 0 Å². The molecule has 2 fully saturated rings. The van der Waals surface area contributed by atoms with E-state index in [1.54, 1.807) is 0 Å². The molecular formula is C19H24N4O2. The molecule has 1 atom stereocenters. The predicted octanol–water partition coefficient (Wildman–Crippen LogP) is 2.64. The lowest BCUT2D eigenvalue weighted by atomic mass is 10.1. The average molecular weight is 340 g/mol. The van der Waals surface area contributed by atoms with Gasteiger partial charge in [0, 0.05) is 37.2 Å². The number of carbonyl (C=O) groups is 1. The minimum absolute atomic E-state index is 0.0438. The van der Waals surface area contributed by atoms with Crippen LogP contribution in [0.4, 0.5) is 0 Å². The van der Waals surface area contributed by atoms with Crippen LogP contribution in [0.25, 0.3) is 11.4 Å². The topological polar surface area (TPSA) is 62.5 Å². The quantitative estimate of drug-likeness (QED) is 0.837. The number of rotatable bonds is 5. The van der Waals surface area contributed by atoms with Crippen LogP contribution < -0.4 is 0 Å². The van der Waals surface area contributed by atoms with Crippen molar-refractivity contribution in [3.05, 3.63) is 35.7 Å². The highest BCUT2D eigenvalue weighted by Crippen LogP contribution is 2.39. The van der Waals surface area contributed by atoms with Crippen LogP contribution >= 0.6 is 0 Å². The molecule has 1 saturated carbocycles. The normalized spacial score (nSPS) is 20.8. The summed E-state index contributed by atoms with van der Waals surface area (Å²) < 4.78 is 5.33. The van der Waals surface area contributed by atoms with E-state index in [2.05, 4.69) is 22.1 Å². The molecule has 0 unspecified atom stereocenters. The molecule has 1 amide bonds. The molecule has 1 aromatic carbocycles. The molecule has 132 valence electrons. The van der Waals surface area contributed by atoms with Gasteiger partial charge in [0.2, 0.25) is 11.7 Å². The fourth-order valence-electron chi connectivity index (χ4n) is 3.51. The minimum Gasteiger partial charge on any atom is -0.341 e. The monoisotopic (exact) mass is 340 g/mol. The van der Waals surface area contributed by atoms with Gasteiger partial charge in [-0.2, -0.15) is 4.98 Å². The van der Waals surface area contributed by atoms with E-state index in [1.165, 1.54) is 0 Å². The van der Waals surface area contributed by atoms with Gasteiger partial charge < -0.3 is 14.3 Å². The molecule has 0 N–H and O–H groups in total. The van der Waals surface area contributed by atoms with Gasteiger partial charge in [-0.05, 0) is 50.9 Å². The fourth-order valence-corrected chi connectivity index (χ4v) is 3.51. The van der Waals surface area contributed by atoms with Gasteiger partial charge in [0.25, 0.3) is 5.91 Å². The first kappa shape index (κ1) is 16.3. The second-order valence-corrected chi connectivity index (χ2v) is 7.41. The summed E-state index contributed by atoms with van der Waals surface area (Å²) in [6.07, 6.45) is 3.41. The summed E-state index contributed by atoms with van der Waals surface area (Å²) >= 11 is 0. The number of nitrogens with zero attached hydrogens (tertiary/aromatic N) is 4. The van der Waals surface area contributed by atoms with Crippen LogP contribution in [0, 0.1) is 5.92 Å². The number of likely N-dealkylation sites (tertiary alicyclic amines) is 1. The molecule has 1 aliphatic carbocycles. The molecule has 2 heterocycles. The molecule has 2 aliphatic rings. The molecular weight excluding hydrogens is 316 g/mol. The van der Waals surface area contributed by atoms with Gasteiger partial charge in [-0.25, -0.2) is 0 Å². The van der Waals surface area contributed by atoms with Crippen molar-refractivity contribution in [1.29, 1.82) is 0 Å². The second-order valence-electron chi connectivity index (χ2n) is 7.41. The Morgan fingerprint density at radius 2 is 2.20 bits per heavy atom. The number of carbonyl (C=O) groups excluding carboxylic acids is 1. The van der Waals surface area contributed by atoms with Crippen LogP contribution in [-0.2, 0) is 0 Å². The van der Waals surface area contributed by atoms with E-state index in [0.29, 0.717) is 29.1 Å². The van der Waals surface area contributed by atoms with E-state index in [0.717, 1.165) is 44.5 Å². The second kappa shape index (κ2) is 6.59. The van der Waals surface area contributed by atoms with Crippen LogP contribution in [0.15, 0.2) is 28.8 Å². The summed E-state index contributed by atoms with van der Waals surface area (Å²) in [5.41, 5.74) is 1.50. The third-order valence-corrected chi connectivity index (χ3v) is 5.10. The van der Waals surface area contributed by atoms with Gasteiger partial charge in [0.1, 0.15) is 0 Å². The Hall–Kier alpha value is -2.21. The van der Waals surface area contributed by atoms with Gasteiger partial charge in [-0.3, -0.25) is 4.79 Å². The third kappa shape index (κ3) is 3.58. The van der Waals surface area contributed by atoms with E-state index in [1.807, 2.05) is 36.2 Å². The molecule has 1 saturated heterocycles. The van der Waals surface area contributed by atoms with Crippen molar-refractivity contribution < 1.29 is 9.32 Å². The maximum Gasteiger partial charge on any atom is 0.253 e. The van der Waals surface area contributed by atoms with Crippen LogP contribution in [0.2, 0.25) is 0 Å². The van der Waals surface area contributed by atoms with E-state index in [4.69, 9.17) is 4.52 Å². The van der Waals surface area contributed by atoms with Gasteiger partial charge in [-0.1, -0.05) is 17.3 Å². The molecule has 6 nitrogen and oxygen atoms in total. The maximum atomic E-state index is 12.8. The van der Waals surface area contributed by atoms with Crippen molar-refractivity contribution in [2.45, 2.75) is 25.2 Å². The SMILES string of the molecule is CN1CC[C@H](CN(C)C(=O)c2cccc(-c3noc(C4CC4)n3)c2)C1. The first-order valence-corrected chi connectivity index (χ1v) is 8.98. The Balaban J connectivity index is 1.46. The first-order valence-electron chi connectivity index (χ1n) is 8.98. The zero-order chi connectivity index (χ0) is 17.4. The molecule has 2 aromatic rings. The molecule has 1 aromatic heterocycles. The van der Waals surface area contributed by atoms with Crippen molar-refractivity contribution in [2.75, 3.05) is 33.7 Å². The molecule has 0 bridgehead atoms. The van der Waals surface area contributed by atoms with Crippen LogP contribution in [0.5, 0.6) is 0 Å². The van der Waals surface area contributed by atoms with Crippen molar-refractivity contribution >= 4 is 5.91 Å². The van der Waals surface area contributed by atoms with E-state index >= 15 is 0 Å². The minimum atomic E-state index is 0.0438. The van der Waals surface area contributed by atoms with Crippen LogP contribution in [0.1, 0.15) is 41.4 Å². The Bertz CT molecular complexity index is 768. The smallest absolute Gasteiger partial charge is 0.253 e. The lowest BCUT2D eigenvalue weighted by Gasteiger charge is -2.21. The average Bonchev–Trinajstić information content (AvgIpc) is 3.21.